The normalized spacial score (nSPS) is 12.5. The molecule has 0 spiro atoms. The lowest BCUT2D eigenvalue weighted by Gasteiger charge is -2.09. The molecule has 2 aromatic carbocycles. The largest absolute Gasteiger partial charge is 0.484 e. The van der Waals surface area contributed by atoms with Crippen LogP contribution in [0.3, 0.4) is 0 Å². The summed E-state index contributed by atoms with van der Waals surface area (Å²) in [5, 5.41) is 6.21. The van der Waals surface area contributed by atoms with Crippen LogP contribution in [-0.2, 0) is 17.6 Å². The van der Waals surface area contributed by atoms with Crippen LogP contribution in [0.1, 0.15) is 24.0 Å². The summed E-state index contributed by atoms with van der Waals surface area (Å²) in [6.07, 6.45) is 4.37. The van der Waals surface area contributed by atoms with E-state index in [1.165, 1.54) is 17.5 Å². The molecule has 0 unspecified atom stereocenters. The van der Waals surface area contributed by atoms with Crippen LogP contribution in [0.15, 0.2) is 48.5 Å². The molecule has 0 heterocycles. The minimum Gasteiger partial charge on any atom is -0.484 e. The van der Waals surface area contributed by atoms with Gasteiger partial charge in [0.15, 0.2) is 6.61 Å². The van der Waals surface area contributed by atoms with E-state index in [-0.39, 0.29) is 12.5 Å². The van der Waals surface area contributed by atoms with E-state index in [0.717, 1.165) is 37.2 Å². The smallest absolute Gasteiger partial charge is 0.257 e. The first-order chi connectivity index (χ1) is 11.8. The molecule has 2 aromatic rings. The van der Waals surface area contributed by atoms with Gasteiger partial charge in [-0.2, -0.15) is 0 Å². The minimum atomic E-state index is -0.0739. The van der Waals surface area contributed by atoms with Crippen molar-refractivity contribution in [3.8, 4) is 5.75 Å². The molecule has 0 fully saturated rings. The highest BCUT2D eigenvalue weighted by atomic mass is 16.5. The Labute approximate surface area is 143 Å². The summed E-state index contributed by atoms with van der Waals surface area (Å²) in [6, 6.07) is 16.2. The molecule has 0 radical (unpaired) electrons. The number of ether oxygens (including phenoxy) is 1. The van der Waals surface area contributed by atoms with Crippen LogP contribution in [0.4, 0.5) is 5.69 Å². The summed E-state index contributed by atoms with van der Waals surface area (Å²) in [7, 11) is 0. The molecule has 0 aliphatic heterocycles. The predicted molar refractivity (Wildman–Crippen MR) is 96.5 cm³/mol. The van der Waals surface area contributed by atoms with E-state index < -0.39 is 0 Å². The molecule has 4 heteroatoms. The zero-order chi connectivity index (χ0) is 16.6. The fourth-order valence-electron chi connectivity index (χ4n) is 2.94. The zero-order valence-corrected chi connectivity index (χ0v) is 13.9. The number of hydrogen-bond donors (Lipinski definition) is 2. The summed E-state index contributed by atoms with van der Waals surface area (Å²) in [4.78, 5) is 11.8. The number of benzene rings is 2. The first-order valence-electron chi connectivity index (χ1n) is 8.61. The van der Waals surface area contributed by atoms with Gasteiger partial charge in [0.25, 0.3) is 5.91 Å². The summed E-state index contributed by atoms with van der Waals surface area (Å²) in [6.45, 7) is 1.55. The number of aryl methyl sites for hydroxylation is 2. The maximum absolute atomic E-state index is 11.8. The minimum absolute atomic E-state index is 0.0739. The quantitative estimate of drug-likeness (QED) is 0.733. The Hall–Kier alpha value is -2.49. The fourth-order valence-corrected chi connectivity index (χ4v) is 2.94. The van der Waals surface area contributed by atoms with E-state index in [4.69, 9.17) is 4.74 Å². The van der Waals surface area contributed by atoms with Crippen molar-refractivity contribution in [2.24, 2.45) is 0 Å². The second kappa shape index (κ2) is 8.39. The molecule has 4 nitrogen and oxygen atoms in total. The Balaban J connectivity index is 1.30. The molecule has 1 aliphatic rings. The Bertz CT molecular complexity index is 671. The second-order valence-electron chi connectivity index (χ2n) is 6.07. The van der Waals surface area contributed by atoms with Gasteiger partial charge >= 0.3 is 0 Å². The fraction of sp³-hybridized carbons (Fsp3) is 0.350. The van der Waals surface area contributed by atoms with Crippen LogP contribution in [0, 0.1) is 0 Å². The monoisotopic (exact) mass is 324 g/mol. The lowest BCUT2D eigenvalue weighted by Crippen LogP contribution is -2.30. The Morgan fingerprint density at radius 1 is 1.00 bits per heavy atom. The maximum Gasteiger partial charge on any atom is 0.257 e. The van der Waals surface area contributed by atoms with Gasteiger partial charge in [-0.25, -0.2) is 0 Å². The Morgan fingerprint density at radius 3 is 2.71 bits per heavy atom. The van der Waals surface area contributed by atoms with Gasteiger partial charge in [0.2, 0.25) is 0 Å². The van der Waals surface area contributed by atoms with Crippen LogP contribution in [0.25, 0.3) is 0 Å². The van der Waals surface area contributed by atoms with Crippen molar-refractivity contribution in [3.05, 3.63) is 59.7 Å². The van der Waals surface area contributed by atoms with Gasteiger partial charge in [-0.1, -0.05) is 24.3 Å². The second-order valence-corrected chi connectivity index (χ2v) is 6.07. The standard InChI is InChI=1S/C20H24N2O2/c23-20(22-13-5-12-21-18-8-2-1-3-9-18)15-24-19-11-10-16-6-4-7-17(16)14-19/h1-3,8-11,14,21H,4-7,12-13,15H2,(H,22,23). The number of carbonyl (C=O) groups is 1. The molecule has 1 amide bonds. The Kier molecular flexibility index (Phi) is 5.72. The molecule has 0 aromatic heterocycles. The predicted octanol–water partition coefficient (Wildman–Crippen LogP) is 3.17. The summed E-state index contributed by atoms with van der Waals surface area (Å²) >= 11 is 0. The van der Waals surface area contributed by atoms with E-state index in [1.807, 2.05) is 36.4 Å². The van der Waals surface area contributed by atoms with E-state index in [2.05, 4.69) is 22.8 Å². The SMILES string of the molecule is O=C(COc1ccc2c(c1)CCC2)NCCCNc1ccccc1. The topological polar surface area (TPSA) is 50.4 Å². The number of rotatable bonds is 8. The third-order valence-corrected chi connectivity index (χ3v) is 4.22. The van der Waals surface area contributed by atoms with Crippen molar-refractivity contribution in [1.82, 2.24) is 5.32 Å². The lowest BCUT2D eigenvalue weighted by molar-refractivity contribution is -0.123. The summed E-state index contributed by atoms with van der Waals surface area (Å²) in [5.41, 5.74) is 3.88. The van der Waals surface area contributed by atoms with Crippen molar-refractivity contribution < 1.29 is 9.53 Å². The number of para-hydroxylation sites is 1. The first kappa shape index (κ1) is 16.4. The molecule has 24 heavy (non-hydrogen) atoms. The van der Waals surface area contributed by atoms with Gasteiger partial charge in [-0.15, -0.1) is 0 Å². The highest BCUT2D eigenvalue weighted by Gasteiger charge is 2.11. The van der Waals surface area contributed by atoms with Crippen molar-refractivity contribution in [1.29, 1.82) is 0 Å². The van der Waals surface area contributed by atoms with Crippen molar-refractivity contribution in [3.63, 3.8) is 0 Å². The summed E-state index contributed by atoms with van der Waals surface area (Å²) < 4.78 is 5.59. The maximum atomic E-state index is 11.8. The van der Waals surface area contributed by atoms with E-state index in [1.54, 1.807) is 0 Å². The van der Waals surface area contributed by atoms with Gasteiger partial charge in [0.05, 0.1) is 0 Å². The zero-order valence-electron chi connectivity index (χ0n) is 13.9. The van der Waals surface area contributed by atoms with E-state index in [0.29, 0.717) is 6.54 Å². The molecule has 0 saturated carbocycles. The van der Waals surface area contributed by atoms with Crippen LogP contribution in [0.5, 0.6) is 5.75 Å². The van der Waals surface area contributed by atoms with Gasteiger partial charge in [0, 0.05) is 18.8 Å². The van der Waals surface area contributed by atoms with Crippen LogP contribution >= 0.6 is 0 Å². The number of hydrogen-bond acceptors (Lipinski definition) is 3. The number of fused-ring (bicyclic) bond motifs is 1. The molecular formula is C20H24N2O2. The van der Waals surface area contributed by atoms with Gasteiger partial charge in [0.1, 0.15) is 5.75 Å². The highest BCUT2D eigenvalue weighted by Crippen LogP contribution is 2.25. The van der Waals surface area contributed by atoms with Gasteiger partial charge in [-0.3, -0.25) is 4.79 Å². The number of amides is 1. The van der Waals surface area contributed by atoms with Gasteiger partial charge < -0.3 is 15.4 Å². The third-order valence-electron chi connectivity index (χ3n) is 4.22. The van der Waals surface area contributed by atoms with Crippen molar-refractivity contribution >= 4 is 11.6 Å². The number of anilines is 1. The number of nitrogens with one attached hydrogen (secondary N) is 2. The molecule has 3 rings (SSSR count). The third kappa shape index (κ3) is 4.75. The molecule has 126 valence electrons. The average molecular weight is 324 g/mol. The van der Waals surface area contributed by atoms with Crippen LogP contribution < -0.4 is 15.4 Å². The van der Waals surface area contributed by atoms with Crippen LogP contribution in [0.2, 0.25) is 0 Å². The van der Waals surface area contributed by atoms with Crippen LogP contribution in [-0.4, -0.2) is 25.6 Å². The molecule has 0 saturated heterocycles. The first-order valence-corrected chi connectivity index (χ1v) is 8.61. The lowest BCUT2D eigenvalue weighted by atomic mass is 10.1. The van der Waals surface area contributed by atoms with Crippen molar-refractivity contribution in [2.45, 2.75) is 25.7 Å². The van der Waals surface area contributed by atoms with Gasteiger partial charge in [-0.05, 0) is 61.1 Å². The van der Waals surface area contributed by atoms with E-state index in [9.17, 15) is 4.79 Å². The molecule has 0 atom stereocenters. The highest BCUT2D eigenvalue weighted by molar-refractivity contribution is 5.77. The molecular weight excluding hydrogens is 300 g/mol. The van der Waals surface area contributed by atoms with Crippen molar-refractivity contribution in [2.75, 3.05) is 25.0 Å². The van der Waals surface area contributed by atoms with E-state index >= 15 is 0 Å². The molecule has 2 N–H and O–H groups in total. The molecule has 0 bridgehead atoms. The number of carbonyl (C=O) groups excluding carboxylic acids is 1. The molecule has 1 aliphatic carbocycles. The summed E-state index contributed by atoms with van der Waals surface area (Å²) in [5.74, 6) is 0.715. The average Bonchev–Trinajstić information content (AvgIpc) is 3.08. The Morgan fingerprint density at radius 2 is 1.83 bits per heavy atom.